The van der Waals surface area contributed by atoms with Gasteiger partial charge in [0.05, 0.1) is 17.9 Å². The van der Waals surface area contributed by atoms with Crippen molar-refractivity contribution in [3.8, 4) is 11.5 Å². The SMILES string of the molecule is Clc1occc1-c1nc(C2CCCCCN2)no1. The summed E-state index contributed by atoms with van der Waals surface area (Å²) in [5.41, 5.74) is 0.643. The zero-order valence-electron chi connectivity index (χ0n) is 9.86. The molecule has 1 N–H and O–H groups in total. The van der Waals surface area contributed by atoms with Crippen molar-refractivity contribution in [2.24, 2.45) is 0 Å². The van der Waals surface area contributed by atoms with Crippen LogP contribution in [0.15, 0.2) is 21.3 Å². The van der Waals surface area contributed by atoms with Crippen LogP contribution in [-0.2, 0) is 0 Å². The predicted molar refractivity (Wildman–Crippen MR) is 66.2 cm³/mol. The van der Waals surface area contributed by atoms with E-state index in [1.165, 1.54) is 25.5 Å². The van der Waals surface area contributed by atoms with Crippen LogP contribution < -0.4 is 5.32 Å². The van der Waals surface area contributed by atoms with Gasteiger partial charge in [0.1, 0.15) is 0 Å². The molecule has 1 aliphatic heterocycles. The van der Waals surface area contributed by atoms with Crippen molar-refractivity contribution in [3.63, 3.8) is 0 Å². The van der Waals surface area contributed by atoms with Gasteiger partial charge in [-0.15, -0.1) is 0 Å². The van der Waals surface area contributed by atoms with Crippen LogP contribution in [0.3, 0.4) is 0 Å². The minimum Gasteiger partial charge on any atom is -0.452 e. The van der Waals surface area contributed by atoms with E-state index in [0.717, 1.165) is 13.0 Å². The minimum atomic E-state index is 0.177. The fraction of sp³-hybridized carbons (Fsp3) is 0.500. The summed E-state index contributed by atoms with van der Waals surface area (Å²) in [7, 11) is 0. The molecule has 0 amide bonds. The van der Waals surface area contributed by atoms with Crippen molar-refractivity contribution in [2.45, 2.75) is 31.7 Å². The van der Waals surface area contributed by atoms with E-state index in [-0.39, 0.29) is 11.3 Å². The van der Waals surface area contributed by atoms with Gasteiger partial charge in [0.2, 0.25) is 5.22 Å². The van der Waals surface area contributed by atoms with Crippen molar-refractivity contribution < 1.29 is 8.94 Å². The van der Waals surface area contributed by atoms with E-state index in [9.17, 15) is 0 Å². The van der Waals surface area contributed by atoms with Gasteiger partial charge in [-0.25, -0.2) is 0 Å². The Morgan fingerprint density at radius 1 is 1.33 bits per heavy atom. The van der Waals surface area contributed by atoms with Gasteiger partial charge in [-0.3, -0.25) is 0 Å². The summed E-state index contributed by atoms with van der Waals surface area (Å²) in [5.74, 6) is 1.11. The van der Waals surface area contributed by atoms with E-state index in [4.69, 9.17) is 20.5 Å². The van der Waals surface area contributed by atoms with E-state index in [0.29, 0.717) is 17.3 Å². The molecule has 5 nitrogen and oxygen atoms in total. The molecule has 0 aromatic carbocycles. The lowest BCUT2D eigenvalue weighted by Gasteiger charge is -2.09. The minimum absolute atomic E-state index is 0.177. The molecule has 96 valence electrons. The molecular formula is C12H14ClN3O2. The molecular weight excluding hydrogens is 254 g/mol. The Hall–Kier alpha value is -1.33. The molecule has 3 heterocycles. The second-order valence-corrected chi connectivity index (χ2v) is 4.77. The molecule has 3 rings (SSSR count). The Balaban J connectivity index is 1.82. The fourth-order valence-corrected chi connectivity index (χ4v) is 2.38. The third-order valence-corrected chi connectivity index (χ3v) is 3.45. The third kappa shape index (κ3) is 2.28. The highest BCUT2D eigenvalue weighted by atomic mass is 35.5. The van der Waals surface area contributed by atoms with Gasteiger partial charge < -0.3 is 14.3 Å². The Morgan fingerprint density at radius 2 is 2.28 bits per heavy atom. The summed E-state index contributed by atoms with van der Waals surface area (Å²) in [4.78, 5) is 4.39. The Labute approximate surface area is 110 Å². The topological polar surface area (TPSA) is 64.1 Å². The highest BCUT2D eigenvalue weighted by molar-refractivity contribution is 6.31. The molecule has 6 heteroatoms. The maximum Gasteiger partial charge on any atom is 0.262 e. The molecule has 1 atom stereocenters. The van der Waals surface area contributed by atoms with Crippen molar-refractivity contribution in [2.75, 3.05) is 6.54 Å². The highest BCUT2D eigenvalue weighted by Crippen LogP contribution is 2.29. The molecule has 0 spiro atoms. The smallest absolute Gasteiger partial charge is 0.262 e. The summed E-state index contributed by atoms with van der Waals surface area (Å²) in [6, 6.07) is 1.90. The zero-order chi connectivity index (χ0) is 12.4. The molecule has 18 heavy (non-hydrogen) atoms. The lowest BCUT2D eigenvalue weighted by atomic mass is 10.1. The molecule has 2 aromatic rings. The molecule has 0 radical (unpaired) electrons. The van der Waals surface area contributed by atoms with Gasteiger partial charge in [0.25, 0.3) is 5.89 Å². The van der Waals surface area contributed by atoms with Gasteiger partial charge >= 0.3 is 0 Å². The van der Waals surface area contributed by atoms with Crippen molar-refractivity contribution in [1.29, 1.82) is 0 Å². The monoisotopic (exact) mass is 267 g/mol. The first-order valence-electron chi connectivity index (χ1n) is 6.15. The lowest BCUT2D eigenvalue weighted by molar-refractivity contribution is 0.402. The highest BCUT2D eigenvalue weighted by Gasteiger charge is 2.21. The van der Waals surface area contributed by atoms with Crippen LogP contribution in [0.2, 0.25) is 5.22 Å². The van der Waals surface area contributed by atoms with Gasteiger partial charge in [-0.05, 0) is 37.1 Å². The number of hydrogen-bond donors (Lipinski definition) is 1. The standard InChI is InChI=1S/C12H14ClN3O2/c13-10-8(5-7-17-10)12-15-11(16-18-12)9-4-2-1-3-6-14-9/h5,7,9,14H,1-4,6H2. The van der Waals surface area contributed by atoms with Crippen molar-refractivity contribution in [1.82, 2.24) is 15.5 Å². The quantitative estimate of drug-likeness (QED) is 0.905. The number of rotatable bonds is 2. The summed E-state index contributed by atoms with van der Waals surface area (Å²) >= 11 is 5.89. The lowest BCUT2D eigenvalue weighted by Crippen LogP contribution is -2.21. The first-order valence-corrected chi connectivity index (χ1v) is 6.53. The average Bonchev–Trinajstić information content (AvgIpc) is 2.91. The average molecular weight is 268 g/mol. The Morgan fingerprint density at radius 3 is 3.11 bits per heavy atom. The summed E-state index contributed by atoms with van der Waals surface area (Å²) < 4.78 is 10.3. The van der Waals surface area contributed by atoms with Crippen LogP contribution in [0.5, 0.6) is 0 Å². The van der Waals surface area contributed by atoms with E-state index >= 15 is 0 Å². The van der Waals surface area contributed by atoms with Crippen LogP contribution >= 0.6 is 11.6 Å². The van der Waals surface area contributed by atoms with E-state index < -0.39 is 0 Å². The molecule has 1 unspecified atom stereocenters. The fourth-order valence-electron chi connectivity index (χ4n) is 2.18. The first kappa shape index (κ1) is 11.7. The van der Waals surface area contributed by atoms with Crippen LogP contribution in [0, 0.1) is 0 Å². The molecule has 1 aliphatic rings. The van der Waals surface area contributed by atoms with Gasteiger partial charge in [0.15, 0.2) is 5.82 Å². The first-order chi connectivity index (χ1) is 8.84. The zero-order valence-corrected chi connectivity index (χ0v) is 10.6. The molecule has 1 saturated heterocycles. The van der Waals surface area contributed by atoms with Crippen LogP contribution in [-0.4, -0.2) is 16.7 Å². The van der Waals surface area contributed by atoms with Gasteiger partial charge in [-0.1, -0.05) is 18.0 Å². The summed E-state index contributed by atoms with van der Waals surface area (Å²) in [6.07, 6.45) is 6.19. The predicted octanol–water partition coefficient (Wildman–Crippen LogP) is 3.19. The second kappa shape index (κ2) is 5.12. The number of halogens is 1. The Bertz CT molecular complexity index is 515. The maximum absolute atomic E-state index is 5.89. The van der Waals surface area contributed by atoms with E-state index in [1.54, 1.807) is 6.07 Å². The Kier molecular flexibility index (Phi) is 3.34. The van der Waals surface area contributed by atoms with E-state index in [2.05, 4.69) is 15.5 Å². The normalized spacial score (nSPS) is 20.8. The largest absolute Gasteiger partial charge is 0.452 e. The van der Waals surface area contributed by atoms with Crippen LogP contribution in [0.25, 0.3) is 11.5 Å². The van der Waals surface area contributed by atoms with Crippen LogP contribution in [0.4, 0.5) is 0 Å². The second-order valence-electron chi connectivity index (χ2n) is 4.42. The van der Waals surface area contributed by atoms with Crippen molar-refractivity contribution in [3.05, 3.63) is 23.4 Å². The number of aromatic nitrogens is 2. The summed E-state index contributed by atoms with van der Waals surface area (Å²) in [5, 5.41) is 7.74. The molecule has 0 bridgehead atoms. The number of hydrogen-bond acceptors (Lipinski definition) is 5. The van der Waals surface area contributed by atoms with E-state index in [1.807, 2.05) is 0 Å². The summed E-state index contributed by atoms with van der Waals surface area (Å²) in [6.45, 7) is 1.00. The number of furan rings is 1. The van der Waals surface area contributed by atoms with Crippen molar-refractivity contribution >= 4 is 11.6 Å². The number of nitrogens with one attached hydrogen (secondary N) is 1. The van der Waals surface area contributed by atoms with Gasteiger partial charge in [-0.2, -0.15) is 4.98 Å². The van der Waals surface area contributed by atoms with Crippen LogP contribution in [0.1, 0.15) is 37.5 Å². The molecule has 0 aliphatic carbocycles. The number of nitrogens with zero attached hydrogens (tertiary/aromatic N) is 2. The molecule has 1 fully saturated rings. The molecule has 0 saturated carbocycles. The third-order valence-electron chi connectivity index (χ3n) is 3.16. The molecule has 2 aromatic heterocycles. The maximum atomic E-state index is 5.89. The van der Waals surface area contributed by atoms with Gasteiger partial charge in [0, 0.05) is 0 Å².